The van der Waals surface area contributed by atoms with E-state index in [4.69, 9.17) is 0 Å². The highest BCUT2D eigenvalue weighted by molar-refractivity contribution is 6.17. The molecule has 0 amide bonds. The van der Waals surface area contributed by atoms with Crippen LogP contribution in [0.5, 0.6) is 0 Å². The number of para-hydroxylation sites is 2. The molecule has 0 radical (unpaired) electrons. The van der Waals surface area contributed by atoms with Crippen LogP contribution >= 0.6 is 0 Å². The van der Waals surface area contributed by atoms with Gasteiger partial charge in [-0.15, -0.1) is 0 Å². The van der Waals surface area contributed by atoms with Crippen molar-refractivity contribution in [2.45, 2.75) is 0 Å². The van der Waals surface area contributed by atoms with Crippen molar-refractivity contribution in [3.05, 3.63) is 206 Å². The second-order valence-electron chi connectivity index (χ2n) is 14.1. The Morgan fingerprint density at radius 2 is 0.926 bits per heavy atom. The summed E-state index contributed by atoms with van der Waals surface area (Å²) in [4.78, 5) is 2.46. The number of aromatic nitrogens is 1. The van der Waals surface area contributed by atoms with Crippen LogP contribution in [0.1, 0.15) is 0 Å². The molecule has 0 aliphatic carbocycles. The third-order valence-electron chi connectivity index (χ3n) is 11.1. The molecule has 54 heavy (non-hydrogen) atoms. The van der Waals surface area contributed by atoms with E-state index in [1.165, 1.54) is 76.0 Å². The van der Waals surface area contributed by atoms with E-state index in [2.05, 4.69) is 216 Å². The van der Waals surface area contributed by atoms with Crippen molar-refractivity contribution in [2.24, 2.45) is 0 Å². The molecule has 0 saturated carbocycles. The lowest BCUT2D eigenvalue weighted by atomic mass is 9.96. The third kappa shape index (κ3) is 4.74. The minimum atomic E-state index is 1.11. The van der Waals surface area contributed by atoms with Gasteiger partial charge in [-0.05, 0) is 103 Å². The zero-order valence-electron chi connectivity index (χ0n) is 29.5. The fourth-order valence-corrected chi connectivity index (χ4v) is 8.71. The van der Waals surface area contributed by atoms with Gasteiger partial charge in [-0.25, -0.2) is 0 Å². The molecule has 10 aromatic carbocycles. The van der Waals surface area contributed by atoms with Crippen LogP contribution in [-0.4, -0.2) is 4.57 Å². The molecule has 11 rings (SSSR count). The molecule has 2 nitrogen and oxygen atoms in total. The fraction of sp³-hybridized carbons (Fsp3) is 0. The van der Waals surface area contributed by atoms with Gasteiger partial charge in [0.2, 0.25) is 0 Å². The Labute approximate surface area is 313 Å². The van der Waals surface area contributed by atoms with E-state index in [1.807, 2.05) is 0 Å². The van der Waals surface area contributed by atoms with Gasteiger partial charge in [0.15, 0.2) is 0 Å². The van der Waals surface area contributed by atoms with Crippen molar-refractivity contribution in [3.8, 4) is 16.8 Å². The summed E-state index contributed by atoms with van der Waals surface area (Å²) in [5, 5.41) is 12.5. The summed E-state index contributed by atoms with van der Waals surface area (Å²) < 4.78 is 2.39. The Morgan fingerprint density at radius 3 is 1.78 bits per heavy atom. The first-order valence-electron chi connectivity index (χ1n) is 18.6. The molecule has 0 spiro atoms. The Bertz CT molecular complexity index is 3230. The van der Waals surface area contributed by atoms with E-state index in [9.17, 15) is 0 Å². The lowest BCUT2D eigenvalue weighted by Crippen LogP contribution is -2.11. The molecule has 0 saturated heterocycles. The summed E-state index contributed by atoms with van der Waals surface area (Å²) >= 11 is 0. The maximum absolute atomic E-state index is 2.46. The predicted octanol–water partition coefficient (Wildman–Crippen LogP) is 14.5. The van der Waals surface area contributed by atoms with E-state index in [0.29, 0.717) is 0 Å². The Hall–Kier alpha value is -7.16. The quantitative estimate of drug-likeness (QED) is 0.164. The fourth-order valence-electron chi connectivity index (χ4n) is 8.71. The summed E-state index contributed by atoms with van der Waals surface area (Å²) in [5.74, 6) is 0. The molecule has 252 valence electrons. The number of fused-ring (bicyclic) bond motifs is 9. The monoisotopic (exact) mass is 686 g/mol. The first-order chi connectivity index (χ1) is 26.8. The van der Waals surface area contributed by atoms with Crippen molar-refractivity contribution in [1.29, 1.82) is 0 Å². The van der Waals surface area contributed by atoms with E-state index in [0.717, 1.165) is 22.7 Å². The highest BCUT2D eigenvalue weighted by atomic mass is 15.1. The number of benzene rings is 10. The van der Waals surface area contributed by atoms with Gasteiger partial charge in [0.05, 0.1) is 16.7 Å². The number of anilines is 3. The summed E-state index contributed by atoms with van der Waals surface area (Å²) in [5.41, 5.74) is 9.34. The van der Waals surface area contributed by atoms with E-state index in [1.54, 1.807) is 0 Å². The van der Waals surface area contributed by atoms with Gasteiger partial charge in [-0.3, -0.25) is 0 Å². The number of hydrogen-bond donors (Lipinski definition) is 0. The second kappa shape index (κ2) is 12.2. The molecule has 0 aliphatic rings. The molecule has 1 heterocycles. The van der Waals surface area contributed by atoms with Crippen molar-refractivity contribution < 1.29 is 0 Å². The highest BCUT2D eigenvalue weighted by Gasteiger charge is 2.20. The largest absolute Gasteiger partial charge is 0.310 e. The van der Waals surface area contributed by atoms with Gasteiger partial charge in [0, 0.05) is 33.2 Å². The van der Waals surface area contributed by atoms with E-state index >= 15 is 0 Å². The molecule has 0 atom stereocenters. The van der Waals surface area contributed by atoms with Gasteiger partial charge < -0.3 is 9.47 Å². The average Bonchev–Trinajstić information content (AvgIpc) is 3.59. The Kier molecular flexibility index (Phi) is 6.90. The highest BCUT2D eigenvalue weighted by Crippen LogP contribution is 2.45. The van der Waals surface area contributed by atoms with Crippen molar-refractivity contribution in [1.82, 2.24) is 4.57 Å². The van der Waals surface area contributed by atoms with Crippen molar-refractivity contribution >= 4 is 82.0 Å². The molecule has 0 aliphatic heterocycles. The second-order valence-corrected chi connectivity index (χ2v) is 14.1. The van der Waals surface area contributed by atoms with Crippen LogP contribution in [-0.2, 0) is 0 Å². The molecule has 2 heteroatoms. The molecule has 11 aromatic rings. The van der Waals surface area contributed by atoms with Crippen LogP contribution in [0.25, 0.3) is 81.7 Å². The molecule has 0 N–H and O–H groups in total. The maximum atomic E-state index is 2.46. The third-order valence-corrected chi connectivity index (χ3v) is 11.1. The molecule has 0 unspecified atom stereocenters. The Balaban J connectivity index is 1.17. The van der Waals surface area contributed by atoms with Crippen molar-refractivity contribution in [3.63, 3.8) is 0 Å². The van der Waals surface area contributed by atoms with Crippen LogP contribution in [0.2, 0.25) is 0 Å². The maximum Gasteiger partial charge on any atom is 0.0547 e. The predicted molar refractivity (Wildman–Crippen MR) is 231 cm³/mol. The number of hydrogen-bond acceptors (Lipinski definition) is 1. The average molecular weight is 687 g/mol. The first-order valence-corrected chi connectivity index (χ1v) is 18.6. The van der Waals surface area contributed by atoms with Crippen LogP contribution in [0.15, 0.2) is 206 Å². The van der Waals surface area contributed by atoms with E-state index < -0.39 is 0 Å². The van der Waals surface area contributed by atoms with Gasteiger partial charge in [-0.2, -0.15) is 0 Å². The standard InChI is InChI=1S/C52H34N2/c1-2-17-39(18-3-1)54-49-26-11-10-24-48(49)52-45(25-13-27-50(52)54)36-16-12-19-40(32-36)53(41-30-31-44-38(33-41)29-28-35-14-4-6-20-42(35)44)51-34-37-15-5-7-21-43(37)46-22-8-9-23-47(46)51/h1-34H. The van der Waals surface area contributed by atoms with Crippen molar-refractivity contribution in [2.75, 3.05) is 4.90 Å². The first kappa shape index (κ1) is 30.5. The smallest absolute Gasteiger partial charge is 0.0547 e. The topological polar surface area (TPSA) is 8.17 Å². The van der Waals surface area contributed by atoms with Crippen LogP contribution < -0.4 is 4.90 Å². The molecule has 1 aromatic heterocycles. The van der Waals surface area contributed by atoms with Gasteiger partial charge in [0.25, 0.3) is 0 Å². The minimum Gasteiger partial charge on any atom is -0.310 e. The lowest BCUT2D eigenvalue weighted by Gasteiger charge is -2.28. The van der Waals surface area contributed by atoms with E-state index in [-0.39, 0.29) is 0 Å². The SMILES string of the molecule is c1ccc(-n2c3ccccc3c3c(-c4cccc(N(c5ccc6c(ccc7ccccc76)c5)c5cc6ccccc6c6ccccc56)c4)cccc32)cc1. The van der Waals surface area contributed by atoms with Crippen LogP contribution in [0.3, 0.4) is 0 Å². The van der Waals surface area contributed by atoms with Crippen LogP contribution in [0, 0.1) is 0 Å². The van der Waals surface area contributed by atoms with Gasteiger partial charge in [0.1, 0.15) is 0 Å². The number of nitrogens with zero attached hydrogens (tertiary/aromatic N) is 2. The van der Waals surface area contributed by atoms with Gasteiger partial charge >= 0.3 is 0 Å². The zero-order valence-corrected chi connectivity index (χ0v) is 29.5. The summed E-state index contributed by atoms with van der Waals surface area (Å²) in [6, 6.07) is 75.4. The molecular weight excluding hydrogens is 653 g/mol. The normalized spacial score (nSPS) is 11.7. The molecule has 0 bridgehead atoms. The summed E-state index contributed by atoms with van der Waals surface area (Å²) in [6.07, 6.45) is 0. The van der Waals surface area contributed by atoms with Crippen LogP contribution in [0.4, 0.5) is 17.1 Å². The molecular formula is C52H34N2. The summed E-state index contributed by atoms with van der Waals surface area (Å²) in [7, 11) is 0. The van der Waals surface area contributed by atoms with Gasteiger partial charge in [-0.1, -0.05) is 152 Å². The molecule has 0 fully saturated rings. The minimum absolute atomic E-state index is 1.11. The lowest BCUT2D eigenvalue weighted by molar-refractivity contribution is 1.18. The zero-order chi connectivity index (χ0) is 35.6. The summed E-state index contributed by atoms with van der Waals surface area (Å²) in [6.45, 7) is 0. The number of rotatable bonds is 5. The Morgan fingerprint density at radius 1 is 0.333 bits per heavy atom.